The highest BCUT2D eigenvalue weighted by Crippen LogP contribution is 2.27. The van der Waals surface area contributed by atoms with Crippen molar-refractivity contribution >= 4 is 11.7 Å². The summed E-state index contributed by atoms with van der Waals surface area (Å²) in [6, 6.07) is 10.2. The molecule has 160 valence electrons. The minimum Gasteiger partial charge on any atom is -0.493 e. The Morgan fingerprint density at radius 1 is 1.23 bits per heavy atom. The zero-order chi connectivity index (χ0) is 21.2. The van der Waals surface area contributed by atoms with Gasteiger partial charge in [-0.1, -0.05) is 55.5 Å². The van der Waals surface area contributed by atoms with E-state index in [0.717, 1.165) is 43.4 Å². The summed E-state index contributed by atoms with van der Waals surface area (Å²) in [6.07, 6.45) is 16.3. The van der Waals surface area contributed by atoms with Crippen molar-refractivity contribution in [2.75, 3.05) is 6.61 Å². The van der Waals surface area contributed by atoms with Crippen LogP contribution in [0.4, 0.5) is 0 Å². The molecule has 0 spiro atoms. The van der Waals surface area contributed by atoms with Crippen LogP contribution in [0.2, 0.25) is 0 Å². The molecule has 0 aliphatic heterocycles. The van der Waals surface area contributed by atoms with E-state index in [1.807, 2.05) is 36.4 Å². The molecule has 0 saturated heterocycles. The van der Waals surface area contributed by atoms with Gasteiger partial charge in [0.05, 0.1) is 6.61 Å². The van der Waals surface area contributed by atoms with Crippen molar-refractivity contribution in [2.24, 2.45) is 11.8 Å². The van der Waals surface area contributed by atoms with Gasteiger partial charge in [0, 0.05) is 30.7 Å². The maximum atomic E-state index is 12.3. The second-order valence-electron chi connectivity index (χ2n) is 8.33. The van der Waals surface area contributed by atoms with Crippen molar-refractivity contribution in [3.63, 3.8) is 0 Å². The predicted octanol–water partition coefficient (Wildman–Crippen LogP) is 5.17. The molecule has 2 aliphatic rings. The fourth-order valence-corrected chi connectivity index (χ4v) is 3.47. The third kappa shape index (κ3) is 7.66. The molecule has 0 radical (unpaired) electrons. The van der Waals surface area contributed by atoms with Crippen molar-refractivity contribution in [2.45, 2.75) is 57.9 Å². The summed E-state index contributed by atoms with van der Waals surface area (Å²) in [5.74, 6) is 1.55. The van der Waals surface area contributed by atoms with Gasteiger partial charge in [0.1, 0.15) is 11.5 Å². The molecule has 1 aromatic rings. The Kier molecular flexibility index (Phi) is 8.49. The molecule has 4 heteroatoms. The Morgan fingerprint density at radius 3 is 2.80 bits per heavy atom. The van der Waals surface area contributed by atoms with Crippen molar-refractivity contribution in [3.8, 4) is 5.75 Å². The van der Waals surface area contributed by atoms with E-state index in [1.165, 1.54) is 0 Å². The topological polar surface area (TPSA) is 55.4 Å². The molecule has 1 fully saturated rings. The van der Waals surface area contributed by atoms with Crippen LogP contribution >= 0.6 is 0 Å². The monoisotopic (exact) mass is 407 g/mol. The SMILES string of the molecule is C[C@H](/C=C/C1=CCC(=O)C1C/C=C\CCCC(=O)NC1CC1)COc1ccccc1. The molecule has 1 N–H and O–H groups in total. The van der Waals surface area contributed by atoms with Crippen LogP contribution in [0, 0.1) is 11.8 Å². The normalized spacial score (nSPS) is 20.0. The lowest BCUT2D eigenvalue weighted by Gasteiger charge is -2.11. The van der Waals surface area contributed by atoms with Gasteiger partial charge in [-0.2, -0.15) is 0 Å². The maximum absolute atomic E-state index is 12.3. The van der Waals surface area contributed by atoms with E-state index in [9.17, 15) is 9.59 Å². The van der Waals surface area contributed by atoms with E-state index in [4.69, 9.17) is 4.74 Å². The van der Waals surface area contributed by atoms with Crippen LogP contribution in [0.25, 0.3) is 0 Å². The number of rotatable bonds is 12. The number of nitrogens with one attached hydrogen (secondary N) is 1. The van der Waals surface area contributed by atoms with Gasteiger partial charge in [-0.05, 0) is 49.8 Å². The standard InChI is InChI=1S/C26H33NO3/c1-20(19-30-23-9-5-4-6-10-23)13-14-21-15-18-25(28)24(21)11-7-2-3-8-12-26(29)27-22-16-17-22/h2,4-7,9-10,13-15,20,22,24H,3,8,11-12,16-19H2,1H3,(H,27,29)/b7-2-,14-13+/t20-,24?/m1/s1. The van der Waals surface area contributed by atoms with E-state index in [-0.39, 0.29) is 23.5 Å². The summed E-state index contributed by atoms with van der Waals surface area (Å²) >= 11 is 0. The van der Waals surface area contributed by atoms with Gasteiger partial charge in [-0.3, -0.25) is 9.59 Å². The number of allylic oxidation sites excluding steroid dienone is 5. The number of amides is 1. The Bertz CT molecular complexity index is 790. The molecule has 1 amide bonds. The molecule has 30 heavy (non-hydrogen) atoms. The average molecular weight is 408 g/mol. The molecular formula is C26H33NO3. The highest BCUT2D eigenvalue weighted by Gasteiger charge is 2.25. The minimum absolute atomic E-state index is 0.0436. The lowest BCUT2D eigenvalue weighted by Crippen LogP contribution is -2.24. The number of unbranched alkanes of at least 4 members (excludes halogenated alkanes) is 1. The summed E-state index contributed by atoms with van der Waals surface area (Å²) < 4.78 is 5.80. The lowest BCUT2D eigenvalue weighted by atomic mass is 9.95. The Morgan fingerprint density at radius 2 is 2.03 bits per heavy atom. The van der Waals surface area contributed by atoms with Crippen LogP contribution < -0.4 is 10.1 Å². The van der Waals surface area contributed by atoms with Crippen molar-refractivity contribution < 1.29 is 14.3 Å². The second kappa shape index (κ2) is 11.5. The third-order valence-corrected chi connectivity index (χ3v) is 5.46. The van der Waals surface area contributed by atoms with Crippen molar-refractivity contribution in [1.29, 1.82) is 0 Å². The number of hydrogen-bond acceptors (Lipinski definition) is 3. The number of Topliss-reactive ketones (excluding diaryl/α,β-unsaturated/α-hetero) is 1. The summed E-state index contributed by atoms with van der Waals surface area (Å²) in [4.78, 5) is 23.9. The molecule has 0 aromatic heterocycles. The van der Waals surface area contributed by atoms with Gasteiger partial charge in [-0.15, -0.1) is 0 Å². The molecule has 0 bridgehead atoms. The molecule has 1 unspecified atom stereocenters. The number of carbonyl (C=O) groups excluding carboxylic acids is 2. The van der Waals surface area contributed by atoms with E-state index >= 15 is 0 Å². The smallest absolute Gasteiger partial charge is 0.220 e. The predicted molar refractivity (Wildman–Crippen MR) is 120 cm³/mol. The molecular weight excluding hydrogens is 374 g/mol. The fraction of sp³-hybridized carbons (Fsp3) is 0.462. The van der Waals surface area contributed by atoms with E-state index < -0.39 is 0 Å². The van der Waals surface area contributed by atoms with E-state index in [2.05, 4.69) is 36.5 Å². The lowest BCUT2D eigenvalue weighted by molar-refractivity contribution is -0.121. The first-order valence-electron chi connectivity index (χ1n) is 11.1. The maximum Gasteiger partial charge on any atom is 0.220 e. The second-order valence-corrected chi connectivity index (χ2v) is 8.33. The third-order valence-electron chi connectivity index (χ3n) is 5.46. The van der Waals surface area contributed by atoms with E-state index in [1.54, 1.807) is 0 Å². The first-order chi connectivity index (χ1) is 14.6. The number of hydrogen-bond donors (Lipinski definition) is 1. The summed E-state index contributed by atoms with van der Waals surface area (Å²) in [6.45, 7) is 2.73. The quantitative estimate of drug-likeness (QED) is 0.384. The van der Waals surface area contributed by atoms with Crippen LogP contribution in [0.1, 0.15) is 51.9 Å². The Balaban J connectivity index is 1.36. The molecule has 1 aromatic carbocycles. The zero-order valence-corrected chi connectivity index (χ0v) is 17.9. The average Bonchev–Trinajstić information content (AvgIpc) is 3.50. The van der Waals surface area contributed by atoms with Crippen LogP contribution in [0.5, 0.6) is 5.75 Å². The van der Waals surface area contributed by atoms with Gasteiger partial charge in [0.2, 0.25) is 5.91 Å². The van der Waals surface area contributed by atoms with Crippen LogP contribution in [-0.2, 0) is 9.59 Å². The number of benzene rings is 1. The number of carbonyl (C=O) groups is 2. The first kappa shape index (κ1) is 22.1. The minimum atomic E-state index is -0.0436. The van der Waals surface area contributed by atoms with Crippen molar-refractivity contribution in [1.82, 2.24) is 5.32 Å². The molecule has 2 aliphatic carbocycles. The molecule has 0 heterocycles. The number of ether oxygens (including phenoxy) is 1. The van der Waals surface area contributed by atoms with Gasteiger partial charge >= 0.3 is 0 Å². The molecule has 2 atom stereocenters. The molecule has 4 nitrogen and oxygen atoms in total. The molecule has 1 saturated carbocycles. The highest BCUT2D eigenvalue weighted by atomic mass is 16.5. The summed E-state index contributed by atoms with van der Waals surface area (Å²) in [5.41, 5.74) is 1.11. The van der Waals surface area contributed by atoms with E-state index in [0.29, 0.717) is 25.5 Å². The Labute approximate surface area is 180 Å². The zero-order valence-electron chi connectivity index (χ0n) is 17.9. The van der Waals surface area contributed by atoms with Gasteiger partial charge in [0.15, 0.2) is 0 Å². The van der Waals surface area contributed by atoms with Crippen LogP contribution in [-0.4, -0.2) is 24.3 Å². The van der Waals surface area contributed by atoms with Crippen LogP contribution in [0.15, 0.2) is 66.3 Å². The van der Waals surface area contributed by atoms with Gasteiger partial charge in [-0.25, -0.2) is 0 Å². The number of para-hydroxylation sites is 1. The van der Waals surface area contributed by atoms with Crippen molar-refractivity contribution in [3.05, 3.63) is 66.3 Å². The molecule has 3 rings (SSSR count). The largest absolute Gasteiger partial charge is 0.493 e. The Hall–Kier alpha value is -2.62. The van der Waals surface area contributed by atoms with Gasteiger partial charge < -0.3 is 10.1 Å². The van der Waals surface area contributed by atoms with Gasteiger partial charge in [0.25, 0.3) is 0 Å². The summed E-state index contributed by atoms with van der Waals surface area (Å²) in [7, 11) is 0. The fourth-order valence-electron chi connectivity index (χ4n) is 3.47. The number of ketones is 1. The highest BCUT2D eigenvalue weighted by molar-refractivity contribution is 5.89. The first-order valence-corrected chi connectivity index (χ1v) is 11.1. The van der Waals surface area contributed by atoms with Crippen LogP contribution in [0.3, 0.4) is 0 Å². The summed E-state index contributed by atoms with van der Waals surface area (Å²) in [5, 5.41) is 3.01.